The molecule has 0 bridgehead atoms. The highest BCUT2D eigenvalue weighted by Gasteiger charge is 2.14. The molecule has 0 saturated carbocycles. The summed E-state index contributed by atoms with van der Waals surface area (Å²) in [4.78, 5) is 8.52. The summed E-state index contributed by atoms with van der Waals surface area (Å²) in [5.74, 6) is 0.485. The molecule has 0 fully saturated rings. The standard InChI is InChI=1S/C14H15BrFN3/c1-2-17-13(14-18-4-3-5-19-14)8-10-6-11(15)9-12(16)7-10/h3-7,9,13,17H,2,8H2,1H3. The number of hydrogen-bond donors (Lipinski definition) is 1. The van der Waals surface area contributed by atoms with Crippen molar-refractivity contribution in [3.63, 3.8) is 0 Å². The van der Waals surface area contributed by atoms with Gasteiger partial charge in [0.1, 0.15) is 11.6 Å². The predicted octanol–water partition coefficient (Wildman–Crippen LogP) is 3.27. The fraction of sp³-hybridized carbons (Fsp3) is 0.286. The summed E-state index contributed by atoms with van der Waals surface area (Å²) in [5.41, 5.74) is 0.908. The van der Waals surface area contributed by atoms with E-state index in [1.165, 1.54) is 12.1 Å². The number of halogens is 2. The minimum absolute atomic E-state index is 0.0140. The molecule has 0 radical (unpaired) electrons. The predicted molar refractivity (Wildman–Crippen MR) is 76.3 cm³/mol. The highest BCUT2D eigenvalue weighted by Crippen LogP contribution is 2.20. The van der Waals surface area contributed by atoms with Gasteiger partial charge in [0.15, 0.2) is 0 Å². The molecule has 100 valence electrons. The molecule has 0 spiro atoms. The van der Waals surface area contributed by atoms with Crippen molar-refractivity contribution in [2.24, 2.45) is 0 Å². The van der Waals surface area contributed by atoms with Crippen LogP contribution in [-0.2, 0) is 6.42 Å². The Hall–Kier alpha value is -1.33. The molecule has 1 atom stereocenters. The van der Waals surface area contributed by atoms with Crippen LogP contribution in [0.2, 0.25) is 0 Å². The van der Waals surface area contributed by atoms with Crippen LogP contribution in [0.5, 0.6) is 0 Å². The van der Waals surface area contributed by atoms with E-state index < -0.39 is 0 Å². The van der Waals surface area contributed by atoms with Gasteiger partial charge in [0, 0.05) is 16.9 Å². The Bertz CT molecular complexity index is 513. The summed E-state index contributed by atoms with van der Waals surface area (Å²) in [6, 6.07) is 6.67. The fourth-order valence-corrected chi connectivity index (χ4v) is 2.47. The van der Waals surface area contributed by atoms with E-state index in [4.69, 9.17) is 0 Å². The van der Waals surface area contributed by atoms with Crippen LogP contribution < -0.4 is 5.32 Å². The zero-order valence-corrected chi connectivity index (χ0v) is 12.2. The van der Waals surface area contributed by atoms with Crippen LogP contribution >= 0.6 is 15.9 Å². The minimum Gasteiger partial charge on any atom is -0.307 e. The third-order valence-corrected chi connectivity index (χ3v) is 3.17. The second-order valence-corrected chi connectivity index (χ2v) is 5.11. The van der Waals surface area contributed by atoms with E-state index in [-0.39, 0.29) is 11.9 Å². The molecule has 1 unspecified atom stereocenters. The molecule has 1 aromatic carbocycles. The molecular formula is C14H15BrFN3. The highest BCUT2D eigenvalue weighted by molar-refractivity contribution is 9.10. The van der Waals surface area contributed by atoms with Gasteiger partial charge in [-0.15, -0.1) is 0 Å². The maximum absolute atomic E-state index is 13.4. The SMILES string of the molecule is CCNC(Cc1cc(F)cc(Br)c1)c1ncccn1. The van der Waals surface area contributed by atoms with Crippen LogP contribution in [0.25, 0.3) is 0 Å². The molecule has 0 amide bonds. The Morgan fingerprint density at radius 3 is 2.63 bits per heavy atom. The monoisotopic (exact) mass is 323 g/mol. The largest absolute Gasteiger partial charge is 0.307 e. The molecule has 2 rings (SSSR count). The van der Waals surface area contributed by atoms with Crippen LogP contribution in [0.15, 0.2) is 41.1 Å². The van der Waals surface area contributed by atoms with E-state index >= 15 is 0 Å². The first-order valence-electron chi connectivity index (χ1n) is 6.14. The average molecular weight is 324 g/mol. The molecule has 1 N–H and O–H groups in total. The summed E-state index contributed by atoms with van der Waals surface area (Å²) in [7, 11) is 0. The number of benzene rings is 1. The molecule has 0 saturated heterocycles. The minimum atomic E-state index is -0.242. The molecule has 5 heteroatoms. The van der Waals surface area contributed by atoms with Crippen LogP contribution in [0.4, 0.5) is 4.39 Å². The second kappa shape index (κ2) is 6.73. The molecule has 19 heavy (non-hydrogen) atoms. The lowest BCUT2D eigenvalue weighted by atomic mass is 10.1. The lowest BCUT2D eigenvalue weighted by Gasteiger charge is -2.16. The van der Waals surface area contributed by atoms with Gasteiger partial charge in [-0.2, -0.15) is 0 Å². The van der Waals surface area contributed by atoms with E-state index in [0.717, 1.165) is 22.4 Å². The Kier molecular flexibility index (Phi) is 4.99. The summed E-state index contributed by atoms with van der Waals surface area (Å²) >= 11 is 3.31. The second-order valence-electron chi connectivity index (χ2n) is 4.20. The topological polar surface area (TPSA) is 37.8 Å². The zero-order chi connectivity index (χ0) is 13.7. The first-order valence-corrected chi connectivity index (χ1v) is 6.93. The van der Waals surface area contributed by atoms with Crippen molar-refractivity contribution in [2.45, 2.75) is 19.4 Å². The maximum Gasteiger partial charge on any atom is 0.145 e. The normalized spacial score (nSPS) is 12.4. The Morgan fingerprint density at radius 1 is 1.26 bits per heavy atom. The van der Waals surface area contributed by atoms with Crippen molar-refractivity contribution in [2.75, 3.05) is 6.54 Å². The average Bonchev–Trinajstić information content (AvgIpc) is 2.38. The number of likely N-dealkylation sites (N-methyl/N-ethyl adjacent to an activating group) is 1. The summed E-state index contributed by atoms with van der Waals surface area (Å²) in [6.45, 7) is 2.83. The first kappa shape index (κ1) is 14.1. The lowest BCUT2D eigenvalue weighted by Crippen LogP contribution is -2.24. The van der Waals surface area contributed by atoms with Gasteiger partial charge in [0.05, 0.1) is 6.04 Å². The summed E-state index contributed by atoms with van der Waals surface area (Å²) in [6.07, 6.45) is 4.08. The quantitative estimate of drug-likeness (QED) is 0.917. The van der Waals surface area contributed by atoms with E-state index in [0.29, 0.717) is 6.42 Å². The molecule has 1 heterocycles. The van der Waals surface area contributed by atoms with Crippen LogP contribution in [0.3, 0.4) is 0 Å². The van der Waals surface area contributed by atoms with E-state index in [9.17, 15) is 4.39 Å². The molecule has 3 nitrogen and oxygen atoms in total. The fourth-order valence-electron chi connectivity index (χ4n) is 1.96. The lowest BCUT2D eigenvalue weighted by molar-refractivity contribution is 0.519. The molecule has 0 aliphatic rings. The van der Waals surface area contributed by atoms with Gasteiger partial charge in [0.2, 0.25) is 0 Å². The number of nitrogens with one attached hydrogen (secondary N) is 1. The van der Waals surface area contributed by atoms with Crippen molar-refractivity contribution in [1.29, 1.82) is 0 Å². The first-order chi connectivity index (χ1) is 9.19. The van der Waals surface area contributed by atoms with Gasteiger partial charge < -0.3 is 5.32 Å². The van der Waals surface area contributed by atoms with Crippen LogP contribution in [0, 0.1) is 5.82 Å². The van der Waals surface area contributed by atoms with Crippen LogP contribution in [0.1, 0.15) is 24.4 Å². The number of hydrogen-bond acceptors (Lipinski definition) is 3. The molecule has 0 aliphatic heterocycles. The van der Waals surface area contributed by atoms with Gasteiger partial charge >= 0.3 is 0 Å². The van der Waals surface area contributed by atoms with Gasteiger partial charge in [-0.1, -0.05) is 22.9 Å². The molecular weight excluding hydrogens is 309 g/mol. The van der Waals surface area contributed by atoms with Crippen molar-refractivity contribution in [3.8, 4) is 0 Å². The van der Waals surface area contributed by atoms with Gasteiger partial charge in [-0.25, -0.2) is 14.4 Å². The maximum atomic E-state index is 13.4. The Labute approximate surface area is 120 Å². The number of nitrogens with zero attached hydrogens (tertiary/aromatic N) is 2. The molecule has 0 aliphatic carbocycles. The molecule has 1 aromatic heterocycles. The third-order valence-electron chi connectivity index (χ3n) is 2.71. The highest BCUT2D eigenvalue weighted by atomic mass is 79.9. The van der Waals surface area contributed by atoms with Gasteiger partial charge in [-0.05, 0) is 42.8 Å². The summed E-state index contributed by atoms with van der Waals surface area (Å²) < 4.78 is 14.1. The van der Waals surface area contributed by atoms with E-state index in [1.54, 1.807) is 18.5 Å². The van der Waals surface area contributed by atoms with Crippen molar-refractivity contribution in [3.05, 3.63) is 58.3 Å². The zero-order valence-electron chi connectivity index (χ0n) is 10.6. The molecule has 2 aromatic rings. The van der Waals surface area contributed by atoms with Gasteiger partial charge in [-0.3, -0.25) is 0 Å². The number of rotatable bonds is 5. The van der Waals surface area contributed by atoms with Crippen molar-refractivity contribution < 1.29 is 4.39 Å². The van der Waals surface area contributed by atoms with Crippen LogP contribution in [-0.4, -0.2) is 16.5 Å². The summed E-state index contributed by atoms with van der Waals surface area (Å²) in [5, 5.41) is 3.32. The Morgan fingerprint density at radius 2 is 2.00 bits per heavy atom. The van der Waals surface area contributed by atoms with Crippen molar-refractivity contribution >= 4 is 15.9 Å². The number of aromatic nitrogens is 2. The Balaban J connectivity index is 2.21. The van der Waals surface area contributed by atoms with Gasteiger partial charge in [0.25, 0.3) is 0 Å². The van der Waals surface area contributed by atoms with E-state index in [1.807, 2.05) is 13.0 Å². The van der Waals surface area contributed by atoms with E-state index in [2.05, 4.69) is 31.2 Å². The smallest absolute Gasteiger partial charge is 0.145 e. The third kappa shape index (κ3) is 4.08. The van der Waals surface area contributed by atoms with Crippen molar-refractivity contribution in [1.82, 2.24) is 15.3 Å².